The molecule has 2 aliphatic rings. The quantitative estimate of drug-likeness (QED) is 0.161. The van der Waals surface area contributed by atoms with Crippen molar-refractivity contribution in [3.63, 3.8) is 0 Å². The monoisotopic (exact) mass is 716 g/mol. The molecule has 10 nitrogen and oxygen atoms in total. The number of fused-ring (bicyclic) bond motifs is 4. The van der Waals surface area contributed by atoms with E-state index in [9.17, 15) is 14.7 Å². The van der Waals surface area contributed by atoms with Gasteiger partial charge in [0, 0.05) is 46.9 Å². The summed E-state index contributed by atoms with van der Waals surface area (Å²) in [5.74, 6) is 0.0217. The van der Waals surface area contributed by atoms with E-state index >= 15 is 0 Å². The summed E-state index contributed by atoms with van der Waals surface area (Å²) >= 11 is 13.4. The van der Waals surface area contributed by atoms with Gasteiger partial charge in [0.25, 0.3) is 5.91 Å². The van der Waals surface area contributed by atoms with Crippen molar-refractivity contribution < 1.29 is 28.9 Å². The van der Waals surface area contributed by atoms with Crippen molar-refractivity contribution in [2.45, 2.75) is 53.5 Å². The topological polar surface area (TPSA) is 108 Å². The molecule has 4 heterocycles. The highest BCUT2D eigenvalue weighted by molar-refractivity contribution is 6.35. The normalized spacial score (nSPS) is 15.5. The Kier molecular flexibility index (Phi) is 8.72. The molecular formula is C38H38Cl2N4O6. The van der Waals surface area contributed by atoms with Crippen LogP contribution in [0.1, 0.15) is 68.3 Å². The van der Waals surface area contributed by atoms with Gasteiger partial charge in [-0.05, 0) is 94.5 Å². The molecule has 2 aromatic heterocycles. The summed E-state index contributed by atoms with van der Waals surface area (Å²) in [7, 11) is 1.91. The molecule has 5 aromatic rings. The number of amides is 1. The Morgan fingerprint density at radius 1 is 1.04 bits per heavy atom. The van der Waals surface area contributed by atoms with Gasteiger partial charge in [-0.3, -0.25) is 9.48 Å². The number of carboxylic acids is 1. The van der Waals surface area contributed by atoms with E-state index in [-0.39, 0.29) is 37.3 Å². The molecule has 1 unspecified atom stereocenters. The van der Waals surface area contributed by atoms with Crippen molar-refractivity contribution in [2.24, 2.45) is 7.05 Å². The Hall–Kier alpha value is -4.67. The third-order valence-electron chi connectivity index (χ3n) is 9.72. The molecule has 12 heteroatoms. The maximum Gasteiger partial charge on any atom is 0.335 e. The molecule has 0 radical (unpaired) electrons. The predicted molar refractivity (Wildman–Crippen MR) is 194 cm³/mol. The van der Waals surface area contributed by atoms with Crippen molar-refractivity contribution in [2.75, 3.05) is 31.3 Å². The first-order chi connectivity index (χ1) is 23.9. The number of carboxylic acid groups (broad SMARTS) is 1. The number of halogens is 2. The standard InChI is InChI=1S/C38H38Cl2N4O6/c1-19-14-25(15-20(2)33(19)40)48-11-7-8-26-27-9-10-28(39)32(31-22(4)41-42(6)23(31)5)34(27)44-21(3)18-43(37(45)35(26)44)29-16-24(38(46)47)17-30-36(29)50-13-12-49-30/h9-10,14-17,21H,7-8,11-13,18H2,1-6H3,(H,46,47). The molecule has 0 fully saturated rings. The van der Waals surface area contributed by atoms with Gasteiger partial charge >= 0.3 is 5.97 Å². The summed E-state index contributed by atoms with van der Waals surface area (Å²) in [5, 5.41) is 16.8. The number of hydrogen-bond acceptors (Lipinski definition) is 6. The Bertz CT molecular complexity index is 2200. The lowest BCUT2D eigenvalue weighted by Gasteiger charge is -2.36. The van der Waals surface area contributed by atoms with Gasteiger partial charge in [-0.25, -0.2) is 4.79 Å². The van der Waals surface area contributed by atoms with Gasteiger partial charge in [0.2, 0.25) is 0 Å². The first-order valence-corrected chi connectivity index (χ1v) is 17.4. The average molecular weight is 718 g/mol. The summed E-state index contributed by atoms with van der Waals surface area (Å²) in [6, 6.07) is 10.4. The van der Waals surface area contributed by atoms with Gasteiger partial charge in [0.05, 0.1) is 34.1 Å². The van der Waals surface area contributed by atoms with Crippen LogP contribution in [0.2, 0.25) is 10.0 Å². The number of aromatic carboxylic acids is 1. The summed E-state index contributed by atoms with van der Waals surface area (Å²) < 4.78 is 21.9. The van der Waals surface area contributed by atoms with E-state index in [1.165, 1.54) is 12.1 Å². The van der Waals surface area contributed by atoms with E-state index in [2.05, 4.69) is 16.6 Å². The molecule has 1 amide bonds. The van der Waals surface area contributed by atoms with E-state index in [0.29, 0.717) is 47.4 Å². The lowest BCUT2D eigenvalue weighted by molar-refractivity contribution is 0.0695. The fourth-order valence-electron chi connectivity index (χ4n) is 7.40. The van der Waals surface area contributed by atoms with Crippen molar-refractivity contribution in [3.05, 3.63) is 85.8 Å². The predicted octanol–water partition coefficient (Wildman–Crippen LogP) is 8.28. The third kappa shape index (κ3) is 5.54. The summed E-state index contributed by atoms with van der Waals surface area (Å²) in [4.78, 5) is 28.7. The zero-order valence-corrected chi connectivity index (χ0v) is 30.3. The molecule has 0 bridgehead atoms. The minimum Gasteiger partial charge on any atom is -0.494 e. The Morgan fingerprint density at radius 3 is 2.44 bits per heavy atom. The maximum absolute atomic E-state index is 14.9. The van der Waals surface area contributed by atoms with Crippen LogP contribution in [0.3, 0.4) is 0 Å². The average Bonchev–Trinajstić information content (AvgIpc) is 3.55. The molecule has 50 heavy (non-hydrogen) atoms. The lowest BCUT2D eigenvalue weighted by Crippen LogP contribution is -2.43. The first kappa shape index (κ1) is 33.8. The molecular weight excluding hydrogens is 679 g/mol. The number of carbonyl (C=O) groups is 2. The second kappa shape index (κ2) is 12.9. The van der Waals surface area contributed by atoms with Gasteiger partial charge in [-0.2, -0.15) is 5.10 Å². The summed E-state index contributed by atoms with van der Waals surface area (Å²) in [5.41, 5.74) is 8.09. The first-order valence-electron chi connectivity index (χ1n) is 16.6. The molecule has 0 saturated heterocycles. The zero-order chi connectivity index (χ0) is 35.6. The Labute approximate surface area is 300 Å². The number of benzene rings is 3. The number of anilines is 1. The number of rotatable bonds is 8. The van der Waals surface area contributed by atoms with Gasteiger partial charge in [-0.15, -0.1) is 0 Å². The largest absolute Gasteiger partial charge is 0.494 e. The molecule has 3 aromatic carbocycles. The van der Waals surface area contributed by atoms with Crippen molar-refractivity contribution >= 4 is 51.7 Å². The second-order valence-electron chi connectivity index (χ2n) is 13.1. The zero-order valence-electron chi connectivity index (χ0n) is 28.8. The number of nitrogens with zero attached hydrogens (tertiary/aromatic N) is 4. The second-order valence-corrected chi connectivity index (χ2v) is 13.9. The van der Waals surface area contributed by atoms with Crippen LogP contribution in [0.15, 0.2) is 36.4 Å². The minimum absolute atomic E-state index is 0.0115. The molecule has 0 saturated carbocycles. The number of carbonyl (C=O) groups excluding carboxylic acids is 1. The van der Waals surface area contributed by atoms with Crippen LogP contribution in [0.4, 0.5) is 5.69 Å². The van der Waals surface area contributed by atoms with Crippen LogP contribution in [-0.4, -0.2) is 57.7 Å². The van der Waals surface area contributed by atoms with Crippen molar-refractivity contribution in [3.8, 4) is 28.4 Å². The fraction of sp³-hybridized carbons (Fsp3) is 0.342. The van der Waals surface area contributed by atoms with Gasteiger partial charge in [0.1, 0.15) is 24.7 Å². The Morgan fingerprint density at radius 2 is 1.76 bits per heavy atom. The van der Waals surface area contributed by atoms with Gasteiger partial charge in [-0.1, -0.05) is 29.3 Å². The SMILES string of the molecule is Cc1cc(OCCCc2c3n(c4c(-c5c(C)nn(C)c5C)c(Cl)ccc24)C(C)CN(c2cc(C(=O)O)cc4c2OCCO4)C3=O)cc(C)c1Cl. The van der Waals surface area contributed by atoms with Crippen LogP contribution < -0.4 is 19.1 Å². The van der Waals surface area contributed by atoms with Crippen LogP contribution >= 0.6 is 23.2 Å². The Balaban J connectivity index is 1.38. The third-order valence-corrected chi connectivity index (χ3v) is 10.6. The molecule has 260 valence electrons. The summed E-state index contributed by atoms with van der Waals surface area (Å²) in [6.07, 6.45) is 1.16. The van der Waals surface area contributed by atoms with Crippen LogP contribution in [0.5, 0.6) is 17.2 Å². The van der Waals surface area contributed by atoms with Crippen LogP contribution in [0, 0.1) is 27.7 Å². The van der Waals surface area contributed by atoms with Gasteiger partial charge < -0.3 is 28.8 Å². The van der Waals surface area contributed by atoms with E-state index in [0.717, 1.165) is 60.9 Å². The fourth-order valence-corrected chi connectivity index (χ4v) is 7.75. The van der Waals surface area contributed by atoms with E-state index in [1.54, 1.807) is 4.90 Å². The van der Waals surface area contributed by atoms with Crippen LogP contribution in [0.25, 0.3) is 22.0 Å². The molecule has 0 spiro atoms. The number of ether oxygens (including phenoxy) is 3. The van der Waals surface area contributed by atoms with E-state index in [4.69, 9.17) is 37.4 Å². The molecule has 2 aliphatic heterocycles. The van der Waals surface area contributed by atoms with Gasteiger partial charge in [0.15, 0.2) is 11.5 Å². The smallest absolute Gasteiger partial charge is 0.335 e. The van der Waals surface area contributed by atoms with E-state index in [1.807, 2.05) is 63.7 Å². The van der Waals surface area contributed by atoms with Crippen molar-refractivity contribution in [1.29, 1.82) is 0 Å². The minimum atomic E-state index is -1.12. The summed E-state index contributed by atoms with van der Waals surface area (Å²) in [6.45, 7) is 11.2. The molecule has 1 N–H and O–H groups in total. The van der Waals surface area contributed by atoms with Crippen molar-refractivity contribution in [1.82, 2.24) is 14.3 Å². The number of aromatic nitrogens is 3. The maximum atomic E-state index is 14.9. The highest BCUT2D eigenvalue weighted by atomic mass is 35.5. The van der Waals surface area contributed by atoms with Crippen LogP contribution in [-0.2, 0) is 13.5 Å². The number of aryl methyl sites for hydroxylation is 5. The molecule has 0 aliphatic carbocycles. The molecule has 1 atom stereocenters. The van der Waals surface area contributed by atoms with E-state index < -0.39 is 5.97 Å². The number of hydrogen-bond donors (Lipinski definition) is 1. The molecule has 7 rings (SSSR count). The lowest BCUT2D eigenvalue weighted by atomic mass is 9.98. The highest BCUT2D eigenvalue weighted by Crippen LogP contribution is 2.47. The highest BCUT2D eigenvalue weighted by Gasteiger charge is 2.39.